The molecule has 6 heteroatoms. The largest absolute Gasteiger partial charge is 0.333 e. The highest BCUT2D eigenvalue weighted by molar-refractivity contribution is 6.34. The Bertz CT molecular complexity index is 584. The van der Waals surface area contributed by atoms with Crippen molar-refractivity contribution in [2.24, 2.45) is 0 Å². The molecule has 2 rings (SSSR count). The SMILES string of the molecule is CN1C(=O)C(=Cc2ccccc2Cl)C(=O)N(C)C1=O. The summed E-state index contributed by atoms with van der Waals surface area (Å²) in [6.45, 7) is 0. The van der Waals surface area contributed by atoms with E-state index in [2.05, 4.69) is 0 Å². The van der Waals surface area contributed by atoms with Crippen molar-refractivity contribution in [3.8, 4) is 0 Å². The standard InChI is InChI=1S/C13H11ClN2O3/c1-15-11(17)9(12(18)16(2)13(15)19)7-8-5-3-4-6-10(8)14/h3-7H,1-2H3. The summed E-state index contributed by atoms with van der Waals surface area (Å²) in [6.07, 6.45) is 1.40. The van der Waals surface area contributed by atoms with Crippen molar-refractivity contribution in [1.82, 2.24) is 9.80 Å². The van der Waals surface area contributed by atoms with Crippen molar-refractivity contribution >= 4 is 35.5 Å². The molecule has 1 aliphatic heterocycles. The molecule has 1 aromatic carbocycles. The van der Waals surface area contributed by atoms with Gasteiger partial charge in [0.2, 0.25) is 0 Å². The third-order valence-corrected chi connectivity index (χ3v) is 3.19. The predicted molar refractivity (Wildman–Crippen MR) is 70.4 cm³/mol. The average Bonchev–Trinajstić information content (AvgIpc) is 2.41. The van der Waals surface area contributed by atoms with Crippen LogP contribution in [0.3, 0.4) is 0 Å². The van der Waals surface area contributed by atoms with Gasteiger partial charge in [-0.1, -0.05) is 29.8 Å². The van der Waals surface area contributed by atoms with Gasteiger partial charge in [0.25, 0.3) is 11.8 Å². The number of barbiturate groups is 1. The zero-order valence-electron chi connectivity index (χ0n) is 10.4. The summed E-state index contributed by atoms with van der Waals surface area (Å²) in [5.41, 5.74) is 0.467. The molecule has 0 saturated carbocycles. The van der Waals surface area contributed by atoms with Crippen molar-refractivity contribution in [2.45, 2.75) is 0 Å². The van der Waals surface area contributed by atoms with Crippen LogP contribution in [0.2, 0.25) is 5.02 Å². The summed E-state index contributed by atoms with van der Waals surface area (Å²) in [4.78, 5) is 37.3. The minimum atomic E-state index is -0.647. The van der Waals surface area contributed by atoms with Crippen molar-refractivity contribution in [3.05, 3.63) is 40.4 Å². The lowest BCUT2D eigenvalue weighted by atomic mass is 10.1. The maximum Gasteiger partial charge on any atom is 0.333 e. The van der Waals surface area contributed by atoms with E-state index in [1.54, 1.807) is 24.3 Å². The van der Waals surface area contributed by atoms with Crippen LogP contribution >= 0.6 is 11.6 Å². The molecule has 4 amide bonds. The second kappa shape index (κ2) is 4.85. The highest BCUT2D eigenvalue weighted by Gasteiger charge is 2.37. The zero-order valence-corrected chi connectivity index (χ0v) is 11.1. The Labute approximate surface area is 115 Å². The van der Waals surface area contributed by atoms with Gasteiger partial charge < -0.3 is 0 Å². The molecule has 0 bridgehead atoms. The summed E-state index contributed by atoms with van der Waals surface area (Å²) in [5.74, 6) is -1.26. The molecule has 1 heterocycles. The van der Waals surface area contributed by atoms with Crippen LogP contribution in [0, 0.1) is 0 Å². The average molecular weight is 279 g/mol. The van der Waals surface area contributed by atoms with E-state index < -0.39 is 17.8 Å². The number of carbonyl (C=O) groups excluding carboxylic acids is 3. The monoisotopic (exact) mass is 278 g/mol. The first-order valence-corrected chi connectivity index (χ1v) is 5.87. The number of amides is 4. The van der Waals surface area contributed by atoms with Crippen LogP contribution in [-0.2, 0) is 9.59 Å². The van der Waals surface area contributed by atoms with Gasteiger partial charge in [0.15, 0.2) is 0 Å². The summed E-state index contributed by atoms with van der Waals surface area (Å²) in [7, 11) is 2.65. The molecule has 0 aromatic heterocycles. The Balaban J connectivity index is 2.49. The first kappa shape index (κ1) is 13.3. The molecule has 1 aromatic rings. The molecule has 0 radical (unpaired) electrons. The summed E-state index contributed by atoms with van der Waals surface area (Å²) in [6, 6.07) is 6.19. The minimum absolute atomic E-state index is 0.0855. The quantitative estimate of drug-likeness (QED) is 0.581. The number of halogens is 1. The van der Waals surface area contributed by atoms with Gasteiger partial charge in [-0.25, -0.2) is 4.79 Å². The molecule has 0 spiro atoms. The molecule has 1 saturated heterocycles. The van der Waals surface area contributed by atoms with E-state index in [-0.39, 0.29) is 5.57 Å². The third-order valence-electron chi connectivity index (χ3n) is 2.85. The van der Waals surface area contributed by atoms with Gasteiger partial charge in [-0.15, -0.1) is 0 Å². The van der Waals surface area contributed by atoms with Gasteiger partial charge >= 0.3 is 6.03 Å². The predicted octanol–water partition coefficient (Wildman–Crippen LogP) is 1.77. The molecular weight excluding hydrogens is 268 g/mol. The van der Waals surface area contributed by atoms with Gasteiger partial charge in [0, 0.05) is 19.1 Å². The van der Waals surface area contributed by atoms with Gasteiger partial charge in [-0.3, -0.25) is 19.4 Å². The number of rotatable bonds is 1. The van der Waals surface area contributed by atoms with Crippen LogP contribution in [0.5, 0.6) is 0 Å². The molecular formula is C13H11ClN2O3. The topological polar surface area (TPSA) is 57.7 Å². The molecule has 0 atom stereocenters. The number of nitrogens with zero attached hydrogens (tertiary/aromatic N) is 2. The molecule has 98 valence electrons. The molecule has 0 unspecified atom stereocenters. The fourth-order valence-electron chi connectivity index (χ4n) is 1.72. The van der Waals surface area contributed by atoms with Crippen LogP contribution < -0.4 is 0 Å². The summed E-state index contributed by atoms with van der Waals surface area (Å²) >= 11 is 5.98. The lowest BCUT2D eigenvalue weighted by Crippen LogP contribution is -2.52. The second-order valence-electron chi connectivity index (χ2n) is 4.09. The van der Waals surface area contributed by atoms with Crippen molar-refractivity contribution in [2.75, 3.05) is 14.1 Å². The number of imide groups is 2. The number of urea groups is 1. The van der Waals surface area contributed by atoms with E-state index in [1.807, 2.05) is 0 Å². The van der Waals surface area contributed by atoms with Gasteiger partial charge in [0.1, 0.15) is 5.57 Å². The Hall–Kier alpha value is -2.14. The number of likely N-dealkylation sites (N-methyl/N-ethyl adjacent to an activating group) is 2. The van der Waals surface area contributed by atoms with E-state index in [1.165, 1.54) is 20.2 Å². The summed E-state index contributed by atoms with van der Waals surface area (Å²) in [5, 5.41) is 0.429. The number of carbonyl (C=O) groups is 3. The number of benzene rings is 1. The van der Waals surface area contributed by atoms with Gasteiger partial charge in [-0.2, -0.15) is 0 Å². The third kappa shape index (κ3) is 2.24. The normalized spacial score (nSPS) is 16.2. The Morgan fingerprint density at radius 3 is 2.05 bits per heavy atom. The minimum Gasteiger partial charge on any atom is -0.268 e. The van der Waals surface area contributed by atoms with Gasteiger partial charge in [0.05, 0.1) is 0 Å². The smallest absolute Gasteiger partial charge is 0.268 e. The maximum absolute atomic E-state index is 12.0. The first-order chi connectivity index (χ1) is 8.93. The molecule has 19 heavy (non-hydrogen) atoms. The zero-order chi connectivity index (χ0) is 14.2. The number of hydrogen-bond donors (Lipinski definition) is 0. The van der Waals surface area contributed by atoms with E-state index in [0.717, 1.165) is 9.80 Å². The first-order valence-electron chi connectivity index (χ1n) is 5.49. The molecule has 5 nitrogen and oxygen atoms in total. The van der Waals surface area contributed by atoms with Crippen LogP contribution in [0.15, 0.2) is 29.8 Å². The highest BCUT2D eigenvalue weighted by Crippen LogP contribution is 2.22. The van der Waals surface area contributed by atoms with Crippen molar-refractivity contribution < 1.29 is 14.4 Å². The fourth-order valence-corrected chi connectivity index (χ4v) is 1.91. The lowest BCUT2D eigenvalue weighted by molar-refractivity contribution is -0.134. The Morgan fingerprint density at radius 2 is 1.53 bits per heavy atom. The highest BCUT2D eigenvalue weighted by atomic mass is 35.5. The lowest BCUT2D eigenvalue weighted by Gasteiger charge is -2.28. The Morgan fingerprint density at radius 1 is 1.00 bits per heavy atom. The van der Waals surface area contributed by atoms with E-state index >= 15 is 0 Å². The second-order valence-corrected chi connectivity index (χ2v) is 4.50. The van der Waals surface area contributed by atoms with Crippen molar-refractivity contribution in [3.63, 3.8) is 0 Å². The van der Waals surface area contributed by atoms with Crippen LogP contribution in [0.4, 0.5) is 4.79 Å². The van der Waals surface area contributed by atoms with Gasteiger partial charge in [-0.05, 0) is 17.7 Å². The maximum atomic E-state index is 12.0. The van der Waals surface area contributed by atoms with Crippen LogP contribution in [0.1, 0.15) is 5.56 Å². The fraction of sp³-hybridized carbons (Fsp3) is 0.154. The molecule has 1 fully saturated rings. The van der Waals surface area contributed by atoms with Crippen LogP contribution in [-0.4, -0.2) is 41.7 Å². The van der Waals surface area contributed by atoms with Crippen LogP contribution in [0.25, 0.3) is 6.08 Å². The molecule has 0 aliphatic carbocycles. The van der Waals surface area contributed by atoms with E-state index in [4.69, 9.17) is 11.6 Å². The van der Waals surface area contributed by atoms with E-state index in [9.17, 15) is 14.4 Å². The van der Waals surface area contributed by atoms with Crippen molar-refractivity contribution in [1.29, 1.82) is 0 Å². The Kier molecular flexibility index (Phi) is 3.40. The van der Waals surface area contributed by atoms with E-state index in [0.29, 0.717) is 10.6 Å². The number of hydrogen-bond acceptors (Lipinski definition) is 3. The summed E-state index contributed by atoms with van der Waals surface area (Å²) < 4.78 is 0. The molecule has 0 N–H and O–H groups in total. The molecule has 1 aliphatic rings.